The van der Waals surface area contributed by atoms with Crippen LogP contribution in [0.25, 0.3) is 0 Å². The minimum Gasteiger partial charge on any atom is -0.477 e. The Kier molecular flexibility index (Phi) is 2.65. The van der Waals surface area contributed by atoms with Crippen LogP contribution in [0.4, 0.5) is 5.69 Å². The van der Waals surface area contributed by atoms with Crippen molar-refractivity contribution in [1.29, 1.82) is 0 Å². The molecule has 88 valence electrons. The Labute approximate surface area is 96.1 Å². The lowest BCUT2D eigenvalue weighted by Gasteiger charge is -1.98. The molecule has 0 aromatic carbocycles. The molecule has 0 aliphatic rings. The van der Waals surface area contributed by atoms with Gasteiger partial charge in [-0.25, -0.2) is 9.78 Å². The van der Waals surface area contributed by atoms with Crippen molar-refractivity contribution >= 4 is 17.6 Å². The Morgan fingerprint density at radius 1 is 1.53 bits per heavy atom. The Morgan fingerprint density at radius 2 is 2.29 bits per heavy atom. The molecular weight excluding hydrogens is 224 g/mol. The second-order valence-corrected chi connectivity index (χ2v) is 3.42. The number of nitrogens with one attached hydrogen (secondary N) is 2. The van der Waals surface area contributed by atoms with E-state index in [4.69, 9.17) is 5.11 Å². The van der Waals surface area contributed by atoms with E-state index in [9.17, 15) is 9.59 Å². The van der Waals surface area contributed by atoms with Gasteiger partial charge in [-0.05, 0) is 6.07 Å². The van der Waals surface area contributed by atoms with Crippen LogP contribution in [-0.2, 0) is 7.05 Å². The van der Waals surface area contributed by atoms with E-state index in [0.717, 1.165) is 0 Å². The lowest BCUT2D eigenvalue weighted by molar-refractivity contribution is 0.0686. The number of hydrogen-bond acceptors (Lipinski definition) is 3. The molecule has 0 atom stereocenters. The third-order valence-electron chi connectivity index (χ3n) is 2.20. The van der Waals surface area contributed by atoms with Crippen LogP contribution in [0.3, 0.4) is 0 Å². The van der Waals surface area contributed by atoms with Gasteiger partial charge in [-0.3, -0.25) is 4.79 Å². The standard InChI is InChI=1S/C10H10N4O3/c1-14-5-6(4-7(14)10(16)17)13-9(15)8-11-2-3-12-8/h2-5H,1H3,(H,11,12)(H,13,15)(H,16,17). The molecule has 0 aliphatic heterocycles. The minimum atomic E-state index is -1.05. The molecule has 2 heterocycles. The van der Waals surface area contributed by atoms with Crippen molar-refractivity contribution in [3.05, 3.63) is 36.2 Å². The Bertz CT molecular complexity index is 556. The third-order valence-corrected chi connectivity index (χ3v) is 2.20. The van der Waals surface area contributed by atoms with E-state index in [0.29, 0.717) is 5.69 Å². The van der Waals surface area contributed by atoms with Crippen LogP contribution in [-0.4, -0.2) is 31.5 Å². The molecule has 0 aliphatic carbocycles. The topological polar surface area (TPSA) is 100 Å². The lowest BCUT2D eigenvalue weighted by Crippen LogP contribution is -2.13. The van der Waals surface area contributed by atoms with Crippen molar-refractivity contribution < 1.29 is 14.7 Å². The van der Waals surface area contributed by atoms with Crippen LogP contribution in [0.5, 0.6) is 0 Å². The van der Waals surface area contributed by atoms with Gasteiger partial charge in [0.05, 0.1) is 5.69 Å². The molecule has 0 saturated heterocycles. The van der Waals surface area contributed by atoms with Crippen molar-refractivity contribution in [2.75, 3.05) is 5.32 Å². The van der Waals surface area contributed by atoms with E-state index < -0.39 is 11.9 Å². The quantitative estimate of drug-likeness (QED) is 0.727. The molecule has 2 aromatic heterocycles. The normalized spacial score (nSPS) is 10.2. The number of anilines is 1. The van der Waals surface area contributed by atoms with Crippen LogP contribution in [0.2, 0.25) is 0 Å². The van der Waals surface area contributed by atoms with Crippen LogP contribution in [0, 0.1) is 0 Å². The number of aromatic amines is 1. The first-order valence-electron chi connectivity index (χ1n) is 4.78. The molecule has 1 amide bonds. The highest BCUT2D eigenvalue weighted by Crippen LogP contribution is 2.13. The van der Waals surface area contributed by atoms with Crippen molar-refractivity contribution in [3.8, 4) is 0 Å². The summed E-state index contributed by atoms with van der Waals surface area (Å²) in [4.78, 5) is 28.8. The zero-order valence-electron chi connectivity index (χ0n) is 8.97. The molecule has 17 heavy (non-hydrogen) atoms. The molecule has 0 radical (unpaired) electrons. The molecule has 2 rings (SSSR count). The van der Waals surface area contributed by atoms with Gasteiger partial charge < -0.3 is 20.0 Å². The summed E-state index contributed by atoms with van der Waals surface area (Å²) < 4.78 is 1.42. The number of rotatable bonds is 3. The maximum absolute atomic E-state index is 11.6. The zero-order valence-corrected chi connectivity index (χ0v) is 8.97. The van der Waals surface area contributed by atoms with Crippen molar-refractivity contribution in [2.45, 2.75) is 0 Å². The van der Waals surface area contributed by atoms with Crippen LogP contribution < -0.4 is 5.32 Å². The number of carboxylic acid groups (broad SMARTS) is 1. The van der Waals surface area contributed by atoms with Crippen molar-refractivity contribution in [1.82, 2.24) is 14.5 Å². The molecule has 7 heteroatoms. The summed E-state index contributed by atoms with van der Waals surface area (Å²) in [5.74, 6) is -1.30. The summed E-state index contributed by atoms with van der Waals surface area (Å²) in [5, 5.41) is 11.4. The number of aryl methyl sites for hydroxylation is 1. The van der Waals surface area contributed by atoms with E-state index in [1.807, 2.05) is 0 Å². The predicted octanol–water partition coefficient (Wildman–Crippen LogP) is 0.699. The number of nitrogens with zero attached hydrogens (tertiary/aromatic N) is 2. The van der Waals surface area contributed by atoms with E-state index in [1.165, 1.54) is 29.2 Å². The van der Waals surface area contributed by atoms with Crippen LogP contribution in [0.15, 0.2) is 24.7 Å². The maximum Gasteiger partial charge on any atom is 0.352 e. The van der Waals surface area contributed by atoms with Gasteiger partial charge in [-0.1, -0.05) is 0 Å². The number of aromatic nitrogens is 3. The van der Waals surface area contributed by atoms with Gasteiger partial charge in [0.15, 0.2) is 5.82 Å². The fourth-order valence-corrected chi connectivity index (χ4v) is 1.43. The summed E-state index contributed by atoms with van der Waals surface area (Å²) in [5.41, 5.74) is 0.506. The molecule has 0 fully saturated rings. The molecule has 2 aromatic rings. The number of carboxylic acids is 1. The summed E-state index contributed by atoms with van der Waals surface area (Å²) in [6.07, 6.45) is 4.51. The fourth-order valence-electron chi connectivity index (χ4n) is 1.43. The summed E-state index contributed by atoms with van der Waals surface area (Å²) in [7, 11) is 1.59. The highest BCUT2D eigenvalue weighted by molar-refractivity contribution is 6.02. The smallest absolute Gasteiger partial charge is 0.352 e. The Morgan fingerprint density at radius 3 is 2.82 bits per heavy atom. The lowest BCUT2D eigenvalue weighted by atomic mass is 10.4. The zero-order chi connectivity index (χ0) is 12.4. The number of aromatic carboxylic acids is 1. The van der Waals surface area contributed by atoms with Gasteiger partial charge >= 0.3 is 5.97 Å². The SMILES string of the molecule is Cn1cc(NC(=O)c2ncc[nH]2)cc1C(=O)O. The van der Waals surface area contributed by atoms with E-state index >= 15 is 0 Å². The average Bonchev–Trinajstić information content (AvgIpc) is 2.86. The Hall–Kier alpha value is -2.57. The van der Waals surface area contributed by atoms with Gasteiger partial charge in [-0.2, -0.15) is 0 Å². The number of H-pyrrole nitrogens is 1. The van der Waals surface area contributed by atoms with Crippen molar-refractivity contribution in [2.24, 2.45) is 7.05 Å². The van der Waals surface area contributed by atoms with Gasteiger partial charge in [0.1, 0.15) is 5.69 Å². The second-order valence-electron chi connectivity index (χ2n) is 3.42. The first kappa shape index (κ1) is 10.9. The first-order valence-corrected chi connectivity index (χ1v) is 4.78. The molecule has 7 nitrogen and oxygen atoms in total. The van der Waals surface area contributed by atoms with Gasteiger partial charge in [0.25, 0.3) is 5.91 Å². The number of amides is 1. The molecule has 3 N–H and O–H groups in total. The van der Waals surface area contributed by atoms with Crippen LogP contribution >= 0.6 is 0 Å². The highest BCUT2D eigenvalue weighted by atomic mass is 16.4. The fraction of sp³-hybridized carbons (Fsp3) is 0.100. The molecule has 0 unspecified atom stereocenters. The van der Waals surface area contributed by atoms with Crippen LogP contribution in [0.1, 0.15) is 21.1 Å². The monoisotopic (exact) mass is 234 g/mol. The molecule has 0 bridgehead atoms. The number of hydrogen-bond donors (Lipinski definition) is 3. The second kappa shape index (κ2) is 4.12. The molecular formula is C10H10N4O3. The van der Waals surface area contributed by atoms with E-state index in [1.54, 1.807) is 7.05 Å². The number of carbonyl (C=O) groups is 2. The molecule has 0 saturated carbocycles. The molecule has 0 spiro atoms. The third kappa shape index (κ3) is 2.17. The Balaban J connectivity index is 2.17. The van der Waals surface area contributed by atoms with E-state index in [2.05, 4.69) is 15.3 Å². The van der Waals surface area contributed by atoms with Crippen molar-refractivity contribution in [3.63, 3.8) is 0 Å². The maximum atomic E-state index is 11.6. The summed E-state index contributed by atoms with van der Waals surface area (Å²) >= 11 is 0. The van der Waals surface area contributed by atoms with Gasteiger partial charge in [0.2, 0.25) is 0 Å². The van der Waals surface area contributed by atoms with Gasteiger partial charge in [-0.15, -0.1) is 0 Å². The summed E-state index contributed by atoms with van der Waals surface area (Å²) in [6.45, 7) is 0. The average molecular weight is 234 g/mol. The first-order chi connectivity index (χ1) is 8.08. The van der Waals surface area contributed by atoms with Gasteiger partial charge in [0, 0.05) is 25.6 Å². The van der Waals surface area contributed by atoms with E-state index in [-0.39, 0.29) is 11.5 Å². The largest absolute Gasteiger partial charge is 0.477 e. The minimum absolute atomic E-state index is 0.0970. The summed E-state index contributed by atoms with van der Waals surface area (Å²) in [6, 6.07) is 1.38. The number of carbonyl (C=O) groups excluding carboxylic acids is 1. The number of imidazole rings is 1. The predicted molar refractivity (Wildman–Crippen MR) is 58.9 cm³/mol. The highest BCUT2D eigenvalue weighted by Gasteiger charge is 2.13.